The number of carbonyl (C=O) groups is 2. The number of urea groups is 1. The Balaban J connectivity index is 2.56. The number of carboxylic acids is 1. The van der Waals surface area contributed by atoms with Gasteiger partial charge in [-0.25, -0.2) is 4.79 Å². The Morgan fingerprint density at radius 2 is 1.83 bits per heavy atom. The van der Waals surface area contributed by atoms with Crippen molar-refractivity contribution in [2.45, 2.75) is 38.2 Å². The highest BCUT2D eigenvalue weighted by molar-refractivity contribution is 5.80. The summed E-state index contributed by atoms with van der Waals surface area (Å²) in [4.78, 5) is 25.3. The van der Waals surface area contributed by atoms with Crippen LogP contribution in [0.2, 0.25) is 0 Å². The van der Waals surface area contributed by atoms with Gasteiger partial charge in [0.2, 0.25) is 0 Å². The summed E-state index contributed by atoms with van der Waals surface area (Å²) in [5.41, 5.74) is -0.799. The van der Waals surface area contributed by atoms with E-state index in [4.69, 9.17) is 5.11 Å². The van der Waals surface area contributed by atoms with Crippen LogP contribution < -0.4 is 0 Å². The van der Waals surface area contributed by atoms with E-state index in [2.05, 4.69) is 0 Å². The minimum Gasteiger partial charge on any atom is -0.480 e. The van der Waals surface area contributed by atoms with Crippen molar-refractivity contribution in [1.82, 2.24) is 9.80 Å². The van der Waals surface area contributed by atoms with Crippen LogP contribution in [0.3, 0.4) is 0 Å². The maximum atomic E-state index is 12.0. The van der Waals surface area contributed by atoms with Crippen LogP contribution in [0.15, 0.2) is 0 Å². The van der Waals surface area contributed by atoms with Gasteiger partial charge in [-0.3, -0.25) is 4.79 Å². The Morgan fingerprint density at radius 3 is 2.28 bits per heavy atom. The molecule has 0 heterocycles. The highest BCUT2D eigenvalue weighted by Gasteiger charge is 2.34. The Kier molecular flexibility index (Phi) is 4.95. The van der Waals surface area contributed by atoms with Gasteiger partial charge in [0.1, 0.15) is 6.54 Å². The number of rotatable bonds is 5. The van der Waals surface area contributed by atoms with Gasteiger partial charge < -0.3 is 20.0 Å². The third kappa shape index (κ3) is 3.87. The molecule has 0 atom stereocenters. The van der Waals surface area contributed by atoms with Crippen molar-refractivity contribution in [3.8, 4) is 0 Å². The van der Waals surface area contributed by atoms with Gasteiger partial charge in [0.05, 0.1) is 12.1 Å². The van der Waals surface area contributed by atoms with Crippen LogP contribution in [0.4, 0.5) is 4.79 Å². The Hall–Kier alpha value is -1.30. The van der Waals surface area contributed by atoms with E-state index in [0.717, 1.165) is 12.8 Å². The van der Waals surface area contributed by atoms with Gasteiger partial charge in [0.15, 0.2) is 0 Å². The Bertz CT molecular complexity index is 313. The second kappa shape index (κ2) is 6.04. The van der Waals surface area contributed by atoms with Crippen molar-refractivity contribution in [3.05, 3.63) is 0 Å². The van der Waals surface area contributed by atoms with Crippen molar-refractivity contribution in [2.24, 2.45) is 0 Å². The van der Waals surface area contributed by atoms with E-state index in [1.54, 1.807) is 14.0 Å². The molecule has 0 aromatic rings. The standard InChI is InChI=1S/C12H22N2O4/c1-3-14(8-10(15)16)11(17)13(2)9-12(18)6-4-5-7-12/h18H,3-9H2,1-2H3,(H,15,16). The normalized spacial score (nSPS) is 17.5. The summed E-state index contributed by atoms with van der Waals surface area (Å²) in [6.07, 6.45) is 3.36. The highest BCUT2D eigenvalue weighted by atomic mass is 16.4. The number of hydrogen-bond acceptors (Lipinski definition) is 3. The molecule has 1 rings (SSSR count). The van der Waals surface area contributed by atoms with Crippen LogP contribution in [0.25, 0.3) is 0 Å². The van der Waals surface area contributed by atoms with Crippen molar-refractivity contribution in [2.75, 3.05) is 26.7 Å². The molecule has 2 N–H and O–H groups in total. The number of likely N-dealkylation sites (N-methyl/N-ethyl adjacent to an activating group) is 2. The summed E-state index contributed by atoms with van der Waals surface area (Å²) in [7, 11) is 1.60. The first-order valence-electron chi connectivity index (χ1n) is 6.32. The molecule has 1 aliphatic rings. The predicted molar refractivity (Wildman–Crippen MR) is 66.3 cm³/mol. The molecule has 0 aromatic carbocycles. The van der Waals surface area contributed by atoms with E-state index in [0.29, 0.717) is 19.4 Å². The summed E-state index contributed by atoms with van der Waals surface area (Å²) in [6.45, 7) is 2.03. The number of aliphatic carboxylic acids is 1. The van der Waals surface area contributed by atoms with Crippen molar-refractivity contribution >= 4 is 12.0 Å². The van der Waals surface area contributed by atoms with E-state index < -0.39 is 11.6 Å². The first-order chi connectivity index (χ1) is 8.38. The summed E-state index contributed by atoms with van der Waals surface area (Å²) in [5.74, 6) is -1.03. The van der Waals surface area contributed by atoms with Gasteiger partial charge in [-0.2, -0.15) is 0 Å². The fraction of sp³-hybridized carbons (Fsp3) is 0.833. The Labute approximate surface area is 107 Å². The molecule has 1 saturated carbocycles. The minimum absolute atomic E-state index is 0.266. The second-order valence-corrected chi connectivity index (χ2v) is 4.98. The second-order valence-electron chi connectivity index (χ2n) is 4.98. The zero-order chi connectivity index (χ0) is 13.8. The van der Waals surface area contributed by atoms with E-state index in [9.17, 15) is 14.7 Å². The number of carboxylic acid groups (broad SMARTS) is 1. The summed E-state index contributed by atoms with van der Waals surface area (Å²) < 4.78 is 0. The molecule has 104 valence electrons. The smallest absolute Gasteiger partial charge is 0.323 e. The topological polar surface area (TPSA) is 81.1 Å². The lowest BCUT2D eigenvalue weighted by atomic mass is 10.0. The number of nitrogens with zero attached hydrogens (tertiary/aromatic N) is 2. The zero-order valence-corrected chi connectivity index (χ0v) is 11.1. The molecule has 0 unspecified atom stereocenters. The number of hydrogen-bond donors (Lipinski definition) is 2. The minimum atomic E-state index is -1.03. The lowest BCUT2D eigenvalue weighted by molar-refractivity contribution is -0.137. The Morgan fingerprint density at radius 1 is 1.28 bits per heavy atom. The molecule has 6 heteroatoms. The van der Waals surface area contributed by atoms with E-state index in [1.807, 2.05) is 0 Å². The van der Waals surface area contributed by atoms with Crippen LogP contribution in [0.1, 0.15) is 32.6 Å². The van der Waals surface area contributed by atoms with Gasteiger partial charge in [-0.1, -0.05) is 12.8 Å². The van der Waals surface area contributed by atoms with Crippen LogP contribution in [0, 0.1) is 0 Å². The molecular weight excluding hydrogens is 236 g/mol. The van der Waals surface area contributed by atoms with Gasteiger partial charge >= 0.3 is 12.0 Å². The molecule has 2 amide bonds. The van der Waals surface area contributed by atoms with Crippen molar-refractivity contribution < 1.29 is 19.8 Å². The lowest BCUT2D eigenvalue weighted by Crippen LogP contribution is -2.49. The SMILES string of the molecule is CCN(CC(=O)O)C(=O)N(C)CC1(O)CCCC1. The molecular formula is C12H22N2O4. The molecule has 0 spiro atoms. The lowest BCUT2D eigenvalue weighted by Gasteiger charge is -2.32. The van der Waals surface area contributed by atoms with Gasteiger partial charge in [0.25, 0.3) is 0 Å². The van der Waals surface area contributed by atoms with Crippen molar-refractivity contribution in [3.63, 3.8) is 0 Å². The summed E-state index contributed by atoms with van der Waals surface area (Å²) in [6, 6.07) is -0.347. The fourth-order valence-electron chi connectivity index (χ4n) is 2.42. The van der Waals surface area contributed by atoms with Gasteiger partial charge in [-0.05, 0) is 19.8 Å². The third-order valence-electron chi connectivity index (χ3n) is 3.37. The average molecular weight is 258 g/mol. The molecule has 0 aliphatic heterocycles. The molecule has 6 nitrogen and oxygen atoms in total. The maximum absolute atomic E-state index is 12.0. The largest absolute Gasteiger partial charge is 0.480 e. The molecule has 1 fully saturated rings. The summed E-state index contributed by atoms with van der Waals surface area (Å²) in [5, 5.41) is 18.9. The molecule has 0 bridgehead atoms. The maximum Gasteiger partial charge on any atom is 0.323 e. The highest BCUT2D eigenvalue weighted by Crippen LogP contribution is 2.30. The van der Waals surface area contributed by atoms with Crippen molar-refractivity contribution in [1.29, 1.82) is 0 Å². The van der Waals surface area contributed by atoms with E-state index >= 15 is 0 Å². The number of aliphatic hydroxyl groups is 1. The van der Waals surface area contributed by atoms with E-state index in [-0.39, 0.29) is 19.1 Å². The van der Waals surface area contributed by atoms with Gasteiger partial charge in [-0.15, -0.1) is 0 Å². The van der Waals surface area contributed by atoms with Crippen LogP contribution in [-0.2, 0) is 4.79 Å². The first kappa shape index (κ1) is 14.8. The number of amides is 2. The van der Waals surface area contributed by atoms with Gasteiger partial charge in [0, 0.05) is 13.6 Å². The van der Waals surface area contributed by atoms with E-state index in [1.165, 1.54) is 9.80 Å². The molecule has 0 saturated heterocycles. The van der Waals surface area contributed by atoms with Crippen LogP contribution in [0.5, 0.6) is 0 Å². The van der Waals surface area contributed by atoms with Crippen LogP contribution in [-0.4, -0.2) is 64.3 Å². The molecule has 18 heavy (non-hydrogen) atoms. The molecule has 1 aliphatic carbocycles. The zero-order valence-electron chi connectivity index (χ0n) is 11.1. The number of carbonyl (C=O) groups excluding carboxylic acids is 1. The first-order valence-corrected chi connectivity index (χ1v) is 6.32. The fourth-order valence-corrected chi connectivity index (χ4v) is 2.42. The third-order valence-corrected chi connectivity index (χ3v) is 3.37. The quantitative estimate of drug-likeness (QED) is 0.762. The summed E-state index contributed by atoms with van der Waals surface area (Å²) >= 11 is 0. The average Bonchev–Trinajstić information content (AvgIpc) is 2.71. The predicted octanol–water partition coefficient (Wildman–Crippen LogP) is 0.750. The van der Waals surface area contributed by atoms with Crippen LogP contribution >= 0.6 is 0 Å². The molecule has 0 radical (unpaired) electrons. The monoisotopic (exact) mass is 258 g/mol. The molecule has 0 aromatic heterocycles.